The van der Waals surface area contributed by atoms with Gasteiger partial charge in [0.15, 0.2) is 0 Å². The molecule has 2 aromatic heterocycles. The molecule has 0 N–H and O–H groups in total. The summed E-state index contributed by atoms with van der Waals surface area (Å²) in [6.45, 7) is 3.58. The number of hydrogen-bond donors (Lipinski definition) is 0. The fourth-order valence-electron chi connectivity index (χ4n) is 4.28. The van der Waals surface area contributed by atoms with E-state index in [0.29, 0.717) is 52.6 Å². The molecule has 1 aliphatic rings. The first kappa shape index (κ1) is 21.6. The number of rotatable bonds is 3. The molecule has 1 atom stereocenters. The maximum atomic E-state index is 15.0. The van der Waals surface area contributed by atoms with Gasteiger partial charge in [0.05, 0.1) is 23.7 Å². The quantitative estimate of drug-likeness (QED) is 0.455. The first-order valence-corrected chi connectivity index (χ1v) is 11.0. The summed E-state index contributed by atoms with van der Waals surface area (Å²) in [6, 6.07) is 8.24. The predicted molar refractivity (Wildman–Crippen MR) is 126 cm³/mol. The standard InChI is InChI=1S/C24H23ClFN5O2/c1-14-28-21-10-17(31-6-7-33-22(13-31)15-11-27-29(2)12-15)9-19(23(21)24(32)30(14)3)18-5-4-16(25)8-20(18)26/h4-5,8-12,22H,6-7,13H2,1-3H3/t22-/m1/s1. The van der Waals surface area contributed by atoms with Gasteiger partial charge in [-0.15, -0.1) is 0 Å². The van der Waals surface area contributed by atoms with Gasteiger partial charge >= 0.3 is 0 Å². The van der Waals surface area contributed by atoms with Crippen LogP contribution in [0.4, 0.5) is 10.1 Å². The van der Waals surface area contributed by atoms with E-state index in [4.69, 9.17) is 16.3 Å². The van der Waals surface area contributed by atoms with Gasteiger partial charge in [-0.1, -0.05) is 11.6 Å². The van der Waals surface area contributed by atoms with Crippen LogP contribution in [0.5, 0.6) is 0 Å². The van der Waals surface area contributed by atoms with E-state index in [-0.39, 0.29) is 11.7 Å². The van der Waals surface area contributed by atoms with Crippen molar-refractivity contribution >= 4 is 28.2 Å². The van der Waals surface area contributed by atoms with Crippen LogP contribution in [-0.2, 0) is 18.8 Å². The van der Waals surface area contributed by atoms with Crippen LogP contribution in [0.15, 0.2) is 47.5 Å². The molecule has 33 heavy (non-hydrogen) atoms. The molecule has 0 saturated carbocycles. The highest BCUT2D eigenvalue weighted by Crippen LogP contribution is 2.35. The van der Waals surface area contributed by atoms with Crippen molar-refractivity contribution in [1.82, 2.24) is 19.3 Å². The molecule has 1 aliphatic heterocycles. The average Bonchev–Trinajstić information content (AvgIpc) is 3.23. The maximum Gasteiger partial charge on any atom is 0.261 e. The van der Waals surface area contributed by atoms with Crippen LogP contribution in [0.1, 0.15) is 17.5 Å². The average molecular weight is 468 g/mol. The Morgan fingerprint density at radius 1 is 1.18 bits per heavy atom. The maximum absolute atomic E-state index is 15.0. The Labute approximate surface area is 195 Å². The lowest BCUT2D eigenvalue weighted by Gasteiger charge is -2.34. The van der Waals surface area contributed by atoms with Gasteiger partial charge in [-0.05, 0) is 37.3 Å². The number of ether oxygens (including phenoxy) is 1. The molecular formula is C24H23ClFN5O2. The van der Waals surface area contributed by atoms with Crippen LogP contribution < -0.4 is 10.5 Å². The van der Waals surface area contributed by atoms with Crippen LogP contribution in [-0.4, -0.2) is 39.0 Å². The number of anilines is 1. The summed E-state index contributed by atoms with van der Waals surface area (Å²) in [5, 5.41) is 4.92. The first-order chi connectivity index (χ1) is 15.8. The van der Waals surface area contributed by atoms with Gasteiger partial charge in [-0.2, -0.15) is 5.10 Å². The molecule has 9 heteroatoms. The second-order valence-electron chi connectivity index (χ2n) is 8.29. The van der Waals surface area contributed by atoms with Crippen molar-refractivity contribution in [3.8, 4) is 11.1 Å². The molecule has 1 fully saturated rings. The number of hydrogen-bond acceptors (Lipinski definition) is 5. The Kier molecular flexibility index (Phi) is 5.42. The zero-order valence-corrected chi connectivity index (χ0v) is 19.3. The van der Waals surface area contributed by atoms with E-state index in [2.05, 4.69) is 15.0 Å². The molecule has 0 bridgehead atoms. The van der Waals surface area contributed by atoms with Crippen LogP contribution in [0.2, 0.25) is 5.02 Å². The van der Waals surface area contributed by atoms with Gasteiger partial charge in [0.2, 0.25) is 0 Å². The molecular weight excluding hydrogens is 445 g/mol. The summed E-state index contributed by atoms with van der Waals surface area (Å²) in [7, 11) is 3.54. The number of morpholine rings is 1. The van der Waals surface area contributed by atoms with Crippen LogP contribution in [0, 0.1) is 12.7 Å². The van der Waals surface area contributed by atoms with Crippen molar-refractivity contribution in [1.29, 1.82) is 0 Å². The molecule has 170 valence electrons. The SMILES string of the molecule is Cc1nc2cc(N3CCO[C@@H](c4cnn(C)c4)C3)cc(-c3ccc(Cl)cc3F)c2c(=O)n1C. The van der Waals surface area contributed by atoms with Crippen LogP contribution in [0.3, 0.4) is 0 Å². The molecule has 4 aromatic rings. The third-order valence-corrected chi connectivity index (χ3v) is 6.37. The highest BCUT2D eigenvalue weighted by atomic mass is 35.5. The number of halogens is 2. The van der Waals surface area contributed by atoms with Crippen LogP contribution in [0.25, 0.3) is 22.0 Å². The Morgan fingerprint density at radius 3 is 2.73 bits per heavy atom. The normalized spacial score (nSPS) is 16.5. The van der Waals surface area contributed by atoms with E-state index >= 15 is 0 Å². The number of nitrogens with zero attached hydrogens (tertiary/aromatic N) is 5. The van der Waals surface area contributed by atoms with Crippen molar-refractivity contribution in [3.63, 3.8) is 0 Å². The number of aromatic nitrogens is 4. The van der Waals surface area contributed by atoms with Crippen molar-refractivity contribution in [3.05, 3.63) is 75.3 Å². The Morgan fingerprint density at radius 2 is 2.00 bits per heavy atom. The second kappa shape index (κ2) is 8.28. The smallest absolute Gasteiger partial charge is 0.261 e. The molecule has 7 nitrogen and oxygen atoms in total. The highest BCUT2D eigenvalue weighted by Gasteiger charge is 2.25. The van der Waals surface area contributed by atoms with E-state index in [1.54, 1.807) is 37.0 Å². The molecule has 0 radical (unpaired) electrons. The van der Waals surface area contributed by atoms with Crippen LogP contribution >= 0.6 is 11.6 Å². The molecule has 5 rings (SSSR count). The van der Waals surface area contributed by atoms with Gasteiger partial charge in [0.25, 0.3) is 5.56 Å². The Balaban J connectivity index is 1.67. The van der Waals surface area contributed by atoms with Crippen molar-refractivity contribution in [2.75, 3.05) is 24.6 Å². The van der Waals surface area contributed by atoms with E-state index in [0.717, 1.165) is 11.3 Å². The van der Waals surface area contributed by atoms with E-state index in [1.807, 2.05) is 25.4 Å². The molecule has 1 saturated heterocycles. The lowest BCUT2D eigenvalue weighted by molar-refractivity contribution is 0.0397. The molecule has 3 heterocycles. The van der Waals surface area contributed by atoms with Gasteiger partial charge < -0.3 is 9.64 Å². The molecule has 0 unspecified atom stereocenters. The fourth-order valence-corrected chi connectivity index (χ4v) is 4.44. The van der Waals surface area contributed by atoms with Gasteiger partial charge in [-0.3, -0.25) is 14.0 Å². The Bertz CT molecular complexity index is 1430. The number of benzene rings is 2. The van der Waals surface area contributed by atoms with E-state index in [9.17, 15) is 9.18 Å². The molecule has 0 aliphatic carbocycles. The van der Waals surface area contributed by atoms with Gasteiger partial charge in [0, 0.05) is 60.8 Å². The lowest BCUT2D eigenvalue weighted by Crippen LogP contribution is -2.38. The van der Waals surface area contributed by atoms with Gasteiger partial charge in [-0.25, -0.2) is 9.37 Å². The molecule has 0 amide bonds. The highest BCUT2D eigenvalue weighted by molar-refractivity contribution is 6.30. The summed E-state index contributed by atoms with van der Waals surface area (Å²) in [5.74, 6) is 0.0983. The van der Waals surface area contributed by atoms with Crippen molar-refractivity contribution < 1.29 is 9.13 Å². The predicted octanol–water partition coefficient (Wildman–Crippen LogP) is 4.01. The zero-order valence-electron chi connectivity index (χ0n) is 18.5. The third kappa shape index (κ3) is 3.89. The molecule has 2 aromatic carbocycles. The summed E-state index contributed by atoms with van der Waals surface area (Å²) in [6.07, 6.45) is 3.60. The number of aryl methyl sites for hydroxylation is 2. The monoisotopic (exact) mass is 467 g/mol. The number of fused-ring (bicyclic) bond motifs is 1. The van der Waals surface area contributed by atoms with E-state index in [1.165, 1.54) is 10.6 Å². The minimum atomic E-state index is -0.487. The summed E-state index contributed by atoms with van der Waals surface area (Å²) >= 11 is 5.98. The minimum absolute atomic E-state index is 0.141. The largest absolute Gasteiger partial charge is 0.370 e. The minimum Gasteiger partial charge on any atom is -0.370 e. The topological polar surface area (TPSA) is 65.2 Å². The Hall–Kier alpha value is -3.23. The third-order valence-electron chi connectivity index (χ3n) is 6.14. The summed E-state index contributed by atoms with van der Waals surface area (Å²) in [4.78, 5) is 20.0. The fraction of sp³-hybridized carbons (Fsp3) is 0.292. The van der Waals surface area contributed by atoms with Crippen molar-refractivity contribution in [2.24, 2.45) is 14.1 Å². The van der Waals surface area contributed by atoms with E-state index < -0.39 is 5.82 Å². The van der Waals surface area contributed by atoms with Crippen molar-refractivity contribution in [2.45, 2.75) is 13.0 Å². The second-order valence-corrected chi connectivity index (χ2v) is 8.72. The lowest BCUT2D eigenvalue weighted by atomic mass is 9.99. The first-order valence-electron chi connectivity index (χ1n) is 10.6. The molecule has 0 spiro atoms. The zero-order chi connectivity index (χ0) is 23.3. The van der Waals surface area contributed by atoms with Gasteiger partial charge in [0.1, 0.15) is 17.7 Å². The summed E-state index contributed by atoms with van der Waals surface area (Å²) < 4.78 is 24.2. The summed E-state index contributed by atoms with van der Waals surface area (Å²) in [5.41, 5.74) is 2.96.